The molecule has 1 fully saturated rings. The van der Waals surface area contributed by atoms with Gasteiger partial charge in [0.25, 0.3) is 0 Å². The van der Waals surface area contributed by atoms with Crippen LogP contribution in [0.5, 0.6) is 0 Å². The van der Waals surface area contributed by atoms with Crippen molar-refractivity contribution in [2.24, 2.45) is 5.73 Å². The van der Waals surface area contributed by atoms with Gasteiger partial charge in [-0.2, -0.15) is 18.3 Å². The topological polar surface area (TPSA) is 92.3 Å². The van der Waals surface area contributed by atoms with Crippen LogP contribution in [0.1, 0.15) is 52.5 Å². The molecule has 1 spiro atoms. The summed E-state index contributed by atoms with van der Waals surface area (Å²) in [6.45, 7) is 3.68. The van der Waals surface area contributed by atoms with Crippen molar-refractivity contribution in [3.8, 4) is 11.1 Å². The molecule has 2 N–H and O–H groups in total. The van der Waals surface area contributed by atoms with Crippen LogP contribution < -0.4 is 5.73 Å². The van der Waals surface area contributed by atoms with E-state index < -0.39 is 53.4 Å². The standard InChI is InChI=1S/C34H30F6N4O3/c1-19(41)27-15-21(4-5-29(27)37)26-3-2-8-42-31(26)22(11-20-12-23(35)16-24(36)13-20)14-25(45)18-44-30-6-7-33(46-9-10-47-33)17-28(30)32(43-44)34(38,39)40/h2-5,8,12-13,15-16,22H,1,6-7,9-11,14,17-18,41H2/t22-/m1/s1. The maximum Gasteiger partial charge on any atom is 0.435 e. The molecule has 47 heavy (non-hydrogen) atoms. The molecule has 7 nitrogen and oxygen atoms in total. The Morgan fingerprint density at radius 3 is 2.47 bits per heavy atom. The van der Waals surface area contributed by atoms with Gasteiger partial charge in [0.05, 0.1) is 25.5 Å². The number of carbonyl (C=O) groups excluding carboxylic acids is 1. The number of Topliss-reactive ketones (excluding diaryl/α,β-unsaturated/α-hetero) is 1. The summed E-state index contributed by atoms with van der Waals surface area (Å²) in [4.78, 5) is 18.2. The van der Waals surface area contributed by atoms with Crippen LogP contribution in [0.15, 0.2) is 61.3 Å². The largest absolute Gasteiger partial charge is 0.435 e. The van der Waals surface area contributed by atoms with Crippen LogP contribution in [0.4, 0.5) is 26.3 Å². The minimum Gasteiger partial charge on any atom is -0.399 e. The molecule has 6 rings (SSSR count). The molecule has 1 saturated heterocycles. The van der Waals surface area contributed by atoms with E-state index in [-0.39, 0.29) is 67.0 Å². The Morgan fingerprint density at radius 1 is 1.06 bits per heavy atom. The minimum absolute atomic E-state index is 0.00508. The number of nitrogens with two attached hydrogens (primary N) is 1. The van der Waals surface area contributed by atoms with E-state index in [1.165, 1.54) is 24.4 Å². The number of rotatable bonds is 9. The van der Waals surface area contributed by atoms with Gasteiger partial charge in [-0.15, -0.1) is 0 Å². The van der Waals surface area contributed by atoms with Crippen LogP contribution in [0, 0.1) is 17.5 Å². The average molecular weight is 657 g/mol. The van der Waals surface area contributed by atoms with E-state index in [1.807, 2.05) is 0 Å². The van der Waals surface area contributed by atoms with Gasteiger partial charge in [-0.25, -0.2) is 13.2 Å². The van der Waals surface area contributed by atoms with E-state index >= 15 is 0 Å². The van der Waals surface area contributed by atoms with Crippen LogP contribution >= 0.6 is 0 Å². The van der Waals surface area contributed by atoms with Gasteiger partial charge in [0, 0.05) is 65.5 Å². The van der Waals surface area contributed by atoms with Gasteiger partial charge in [0.15, 0.2) is 17.3 Å². The molecule has 2 aliphatic rings. The quantitative estimate of drug-likeness (QED) is 0.206. The van der Waals surface area contributed by atoms with E-state index in [2.05, 4.69) is 16.7 Å². The van der Waals surface area contributed by atoms with Crippen LogP contribution in [0.25, 0.3) is 16.8 Å². The summed E-state index contributed by atoms with van der Waals surface area (Å²) in [5, 5.41) is 3.83. The fourth-order valence-corrected chi connectivity index (χ4v) is 6.48. The highest BCUT2D eigenvalue weighted by atomic mass is 19.4. The van der Waals surface area contributed by atoms with E-state index in [9.17, 15) is 31.1 Å². The zero-order chi connectivity index (χ0) is 33.5. The third-order valence-electron chi connectivity index (χ3n) is 8.49. The zero-order valence-electron chi connectivity index (χ0n) is 25.0. The summed E-state index contributed by atoms with van der Waals surface area (Å²) in [5.74, 6) is -4.63. The lowest BCUT2D eigenvalue weighted by Crippen LogP contribution is -2.38. The molecule has 13 heteroatoms. The van der Waals surface area contributed by atoms with Crippen molar-refractivity contribution in [3.05, 3.63) is 113 Å². The number of fused-ring (bicyclic) bond motifs is 1. The molecule has 0 bridgehead atoms. The third-order valence-corrected chi connectivity index (χ3v) is 8.49. The highest BCUT2D eigenvalue weighted by molar-refractivity contribution is 5.80. The van der Waals surface area contributed by atoms with E-state index in [4.69, 9.17) is 15.2 Å². The summed E-state index contributed by atoms with van der Waals surface area (Å²) >= 11 is 0. The van der Waals surface area contributed by atoms with E-state index in [0.717, 1.165) is 22.9 Å². The molecule has 4 aromatic rings. The number of nitrogens with zero attached hydrogens (tertiary/aromatic N) is 3. The summed E-state index contributed by atoms with van der Waals surface area (Å²) in [6, 6.07) is 10.5. The van der Waals surface area contributed by atoms with Crippen LogP contribution in [-0.4, -0.2) is 39.5 Å². The summed E-state index contributed by atoms with van der Waals surface area (Å²) in [6.07, 6.45) is -3.28. The van der Waals surface area contributed by atoms with E-state index in [0.29, 0.717) is 23.2 Å². The molecule has 246 valence electrons. The molecule has 0 saturated carbocycles. The molecule has 1 aliphatic carbocycles. The summed E-state index contributed by atoms with van der Waals surface area (Å²) in [5.41, 5.74) is 6.57. The number of ketones is 1. The first kappa shape index (κ1) is 32.5. The first-order valence-corrected chi connectivity index (χ1v) is 14.9. The maximum absolute atomic E-state index is 14.5. The Labute approximate surface area is 266 Å². The Balaban J connectivity index is 1.35. The predicted octanol–water partition coefficient (Wildman–Crippen LogP) is 6.53. The van der Waals surface area contributed by atoms with Crippen LogP contribution in [0.3, 0.4) is 0 Å². The lowest BCUT2D eigenvalue weighted by atomic mass is 9.86. The van der Waals surface area contributed by atoms with E-state index in [1.54, 1.807) is 12.1 Å². The van der Waals surface area contributed by atoms with Crippen molar-refractivity contribution in [1.29, 1.82) is 0 Å². The molecular formula is C34H30F6N4O3. The Kier molecular flexibility index (Phi) is 8.70. The monoisotopic (exact) mass is 656 g/mol. The molecular weight excluding hydrogens is 626 g/mol. The number of alkyl halides is 3. The smallest absolute Gasteiger partial charge is 0.399 e. The Hall–Kier alpha value is -4.49. The molecule has 3 heterocycles. The van der Waals surface area contributed by atoms with Gasteiger partial charge in [-0.3, -0.25) is 14.5 Å². The Bertz CT molecular complexity index is 1830. The second kappa shape index (κ2) is 12.6. The summed E-state index contributed by atoms with van der Waals surface area (Å²) in [7, 11) is 0. The average Bonchev–Trinajstić information content (AvgIpc) is 3.60. The fraction of sp³-hybridized carbons (Fsp3) is 0.324. The SMILES string of the molecule is C=C(N)c1cc(-c2cccnc2[C@@H](CC(=O)Cn2nc(C(F)(F)F)c3c2CCC2(C3)OCCO2)Cc2cc(F)cc(F)c2)ccc1F. The molecule has 2 aromatic carbocycles. The first-order valence-electron chi connectivity index (χ1n) is 14.9. The molecule has 0 radical (unpaired) electrons. The zero-order valence-corrected chi connectivity index (χ0v) is 25.0. The second-order valence-corrected chi connectivity index (χ2v) is 11.8. The normalized spacial score (nSPS) is 16.3. The minimum atomic E-state index is -4.77. The molecule has 0 unspecified atom stereocenters. The Morgan fingerprint density at radius 2 is 1.79 bits per heavy atom. The number of halogens is 6. The van der Waals surface area contributed by atoms with Crippen LogP contribution in [0.2, 0.25) is 0 Å². The van der Waals surface area contributed by atoms with Gasteiger partial charge in [0.2, 0.25) is 0 Å². The molecule has 0 amide bonds. The van der Waals surface area contributed by atoms with Crippen molar-refractivity contribution in [2.45, 2.75) is 56.5 Å². The van der Waals surface area contributed by atoms with Crippen LogP contribution in [-0.2, 0) is 46.3 Å². The first-order chi connectivity index (χ1) is 22.3. The molecule has 1 aliphatic heterocycles. The highest BCUT2D eigenvalue weighted by Gasteiger charge is 2.47. The number of hydrogen-bond acceptors (Lipinski definition) is 6. The second-order valence-electron chi connectivity index (χ2n) is 11.8. The maximum atomic E-state index is 14.5. The molecule has 2 aromatic heterocycles. The summed E-state index contributed by atoms with van der Waals surface area (Å²) < 4.78 is 97.6. The van der Waals surface area contributed by atoms with Crippen molar-refractivity contribution in [1.82, 2.24) is 14.8 Å². The van der Waals surface area contributed by atoms with Crippen molar-refractivity contribution in [2.75, 3.05) is 13.2 Å². The predicted molar refractivity (Wildman–Crippen MR) is 159 cm³/mol. The van der Waals surface area contributed by atoms with Gasteiger partial charge >= 0.3 is 6.18 Å². The third kappa shape index (κ3) is 6.82. The lowest BCUT2D eigenvalue weighted by molar-refractivity contribution is -0.167. The van der Waals surface area contributed by atoms with Crippen molar-refractivity contribution >= 4 is 11.5 Å². The fourth-order valence-electron chi connectivity index (χ4n) is 6.48. The number of ether oxygens (including phenoxy) is 2. The number of pyridine rings is 1. The van der Waals surface area contributed by atoms with Gasteiger partial charge in [-0.1, -0.05) is 18.7 Å². The van der Waals surface area contributed by atoms with Gasteiger partial charge in [0.1, 0.15) is 17.5 Å². The highest BCUT2D eigenvalue weighted by Crippen LogP contribution is 2.42. The van der Waals surface area contributed by atoms with Crippen molar-refractivity contribution in [3.63, 3.8) is 0 Å². The lowest BCUT2D eigenvalue weighted by Gasteiger charge is -2.32. The van der Waals surface area contributed by atoms with Crippen molar-refractivity contribution < 1.29 is 40.6 Å². The van der Waals surface area contributed by atoms with Gasteiger partial charge < -0.3 is 15.2 Å². The number of benzene rings is 2. The number of hydrogen-bond donors (Lipinski definition) is 1. The number of carbonyl (C=O) groups is 1. The van der Waals surface area contributed by atoms with Gasteiger partial charge in [-0.05, 0) is 54.3 Å². The number of aromatic nitrogens is 3. The molecule has 1 atom stereocenters.